The van der Waals surface area contributed by atoms with E-state index in [1.54, 1.807) is 0 Å². The van der Waals surface area contributed by atoms with Crippen molar-refractivity contribution < 1.29 is 34.6 Å². The SMILES string of the molecule is CCOc1ccc(Cc2cc(C3(COC)OC(CO)C(O)C(O)C3O)ccc2C)cc1. The smallest absolute Gasteiger partial charge is 0.145 e. The van der Waals surface area contributed by atoms with E-state index in [1.165, 1.54) is 7.11 Å². The predicted octanol–water partition coefficient (Wildman–Crippen LogP) is 1.30. The molecule has 1 aliphatic rings. The number of hydrogen-bond donors (Lipinski definition) is 4. The largest absolute Gasteiger partial charge is 0.494 e. The van der Waals surface area contributed by atoms with Gasteiger partial charge in [-0.25, -0.2) is 0 Å². The van der Waals surface area contributed by atoms with Gasteiger partial charge >= 0.3 is 0 Å². The van der Waals surface area contributed by atoms with Crippen LogP contribution >= 0.6 is 0 Å². The van der Waals surface area contributed by atoms with Gasteiger partial charge in [0.2, 0.25) is 0 Å². The second-order valence-electron chi connectivity index (χ2n) is 7.98. The van der Waals surface area contributed by atoms with Gasteiger partial charge in [-0.05, 0) is 54.7 Å². The summed E-state index contributed by atoms with van der Waals surface area (Å²) in [5, 5.41) is 41.1. The van der Waals surface area contributed by atoms with Gasteiger partial charge in [-0.3, -0.25) is 0 Å². The highest BCUT2D eigenvalue weighted by Gasteiger charge is 2.54. The van der Waals surface area contributed by atoms with Crippen molar-refractivity contribution in [1.82, 2.24) is 0 Å². The summed E-state index contributed by atoms with van der Waals surface area (Å²) in [6.45, 7) is 4.00. The Hall–Kier alpha value is -2.00. The Balaban J connectivity index is 1.96. The minimum absolute atomic E-state index is 0.0556. The lowest BCUT2D eigenvalue weighted by molar-refractivity contribution is -0.290. The van der Waals surface area contributed by atoms with Crippen LogP contribution in [-0.4, -0.2) is 71.8 Å². The molecule has 0 saturated carbocycles. The molecule has 7 nitrogen and oxygen atoms in total. The Morgan fingerprint density at radius 2 is 1.74 bits per heavy atom. The minimum Gasteiger partial charge on any atom is -0.494 e. The Bertz CT molecular complexity index is 852. The number of aliphatic hydroxyl groups excluding tert-OH is 4. The molecule has 31 heavy (non-hydrogen) atoms. The number of aliphatic hydroxyl groups is 4. The predicted molar refractivity (Wildman–Crippen MR) is 115 cm³/mol. The highest BCUT2D eigenvalue weighted by molar-refractivity contribution is 5.40. The Morgan fingerprint density at radius 3 is 2.35 bits per heavy atom. The van der Waals surface area contributed by atoms with Crippen LogP contribution in [0.2, 0.25) is 0 Å². The topological polar surface area (TPSA) is 109 Å². The molecule has 170 valence electrons. The second-order valence-corrected chi connectivity index (χ2v) is 7.98. The van der Waals surface area contributed by atoms with Crippen LogP contribution in [0.5, 0.6) is 5.75 Å². The fourth-order valence-corrected chi connectivity index (χ4v) is 4.11. The zero-order chi connectivity index (χ0) is 22.6. The molecular weight excluding hydrogens is 400 g/mol. The van der Waals surface area contributed by atoms with Gasteiger partial charge in [0.05, 0.1) is 19.8 Å². The van der Waals surface area contributed by atoms with Crippen LogP contribution in [0, 0.1) is 6.92 Å². The first-order chi connectivity index (χ1) is 14.9. The molecule has 0 bridgehead atoms. The third-order valence-corrected chi connectivity index (χ3v) is 5.90. The van der Waals surface area contributed by atoms with Gasteiger partial charge in [-0.15, -0.1) is 0 Å². The standard InChI is InChI=1S/C24H32O7/c1-4-30-19-9-6-16(7-10-19)11-17-12-18(8-5-15(17)2)24(14-29-3)23(28)22(27)21(26)20(13-25)31-24/h5-10,12,20-23,25-28H,4,11,13-14H2,1-3H3. The van der Waals surface area contributed by atoms with E-state index in [9.17, 15) is 20.4 Å². The summed E-state index contributed by atoms with van der Waals surface area (Å²) in [5.41, 5.74) is 2.36. The van der Waals surface area contributed by atoms with Crippen molar-refractivity contribution >= 4 is 0 Å². The van der Waals surface area contributed by atoms with Crippen LogP contribution in [0.3, 0.4) is 0 Å². The molecule has 5 atom stereocenters. The van der Waals surface area contributed by atoms with Crippen molar-refractivity contribution in [3.63, 3.8) is 0 Å². The highest BCUT2D eigenvalue weighted by Crippen LogP contribution is 2.39. The summed E-state index contributed by atoms with van der Waals surface area (Å²) in [6, 6.07) is 13.6. The molecule has 0 spiro atoms. The van der Waals surface area contributed by atoms with E-state index < -0.39 is 36.6 Å². The van der Waals surface area contributed by atoms with Crippen LogP contribution in [0.25, 0.3) is 0 Å². The van der Waals surface area contributed by atoms with Crippen LogP contribution in [0.4, 0.5) is 0 Å². The van der Waals surface area contributed by atoms with Gasteiger partial charge in [0.15, 0.2) is 0 Å². The number of benzene rings is 2. The third-order valence-electron chi connectivity index (χ3n) is 5.90. The second kappa shape index (κ2) is 10.1. The zero-order valence-corrected chi connectivity index (χ0v) is 18.2. The van der Waals surface area contributed by atoms with Gasteiger partial charge in [0, 0.05) is 7.11 Å². The van der Waals surface area contributed by atoms with E-state index in [4.69, 9.17) is 14.2 Å². The van der Waals surface area contributed by atoms with E-state index >= 15 is 0 Å². The van der Waals surface area contributed by atoms with E-state index in [2.05, 4.69) is 0 Å². The quantitative estimate of drug-likeness (QED) is 0.498. The van der Waals surface area contributed by atoms with Gasteiger partial charge in [-0.1, -0.05) is 30.3 Å². The molecule has 1 heterocycles. The average Bonchev–Trinajstić information content (AvgIpc) is 2.77. The molecule has 0 radical (unpaired) electrons. The molecule has 5 unspecified atom stereocenters. The van der Waals surface area contributed by atoms with Crippen molar-refractivity contribution in [3.05, 3.63) is 64.7 Å². The lowest BCUT2D eigenvalue weighted by Gasteiger charge is -2.48. The van der Waals surface area contributed by atoms with Crippen LogP contribution in [0.1, 0.15) is 29.2 Å². The number of aryl methyl sites for hydroxylation is 1. The average molecular weight is 433 g/mol. The molecule has 0 amide bonds. The first kappa shape index (κ1) is 23.7. The van der Waals surface area contributed by atoms with Gasteiger partial charge < -0.3 is 34.6 Å². The molecular formula is C24H32O7. The lowest BCUT2D eigenvalue weighted by Crippen LogP contribution is -2.65. The molecule has 2 aromatic carbocycles. The van der Waals surface area contributed by atoms with E-state index in [1.807, 2.05) is 56.3 Å². The number of ether oxygens (including phenoxy) is 3. The van der Waals surface area contributed by atoms with Crippen molar-refractivity contribution in [1.29, 1.82) is 0 Å². The Morgan fingerprint density at radius 1 is 1.03 bits per heavy atom. The first-order valence-corrected chi connectivity index (χ1v) is 10.5. The monoisotopic (exact) mass is 432 g/mol. The fourth-order valence-electron chi connectivity index (χ4n) is 4.11. The Labute approximate surface area is 182 Å². The fraction of sp³-hybridized carbons (Fsp3) is 0.500. The summed E-state index contributed by atoms with van der Waals surface area (Å²) < 4.78 is 16.8. The summed E-state index contributed by atoms with van der Waals surface area (Å²) in [5.74, 6) is 0.817. The van der Waals surface area contributed by atoms with Crippen LogP contribution in [0.15, 0.2) is 42.5 Å². The molecule has 0 aromatic heterocycles. The summed E-state index contributed by atoms with van der Waals surface area (Å²) in [4.78, 5) is 0. The summed E-state index contributed by atoms with van der Waals surface area (Å²) in [7, 11) is 1.47. The van der Waals surface area contributed by atoms with Crippen molar-refractivity contribution in [3.8, 4) is 5.75 Å². The third kappa shape index (κ3) is 4.77. The van der Waals surface area contributed by atoms with Crippen LogP contribution in [-0.2, 0) is 21.5 Å². The molecule has 7 heteroatoms. The van der Waals surface area contributed by atoms with E-state index in [0.29, 0.717) is 18.6 Å². The summed E-state index contributed by atoms with van der Waals surface area (Å²) >= 11 is 0. The molecule has 1 fully saturated rings. The molecule has 0 aliphatic carbocycles. The Kier molecular flexibility index (Phi) is 7.69. The van der Waals surface area contributed by atoms with Crippen molar-refractivity contribution in [2.45, 2.75) is 50.3 Å². The molecule has 3 rings (SSSR count). The molecule has 1 aliphatic heterocycles. The molecule has 2 aromatic rings. The van der Waals surface area contributed by atoms with Gasteiger partial charge in [0.1, 0.15) is 35.8 Å². The minimum atomic E-state index is -1.49. The number of rotatable bonds is 8. The van der Waals surface area contributed by atoms with Crippen molar-refractivity contribution in [2.75, 3.05) is 26.9 Å². The number of hydrogen-bond acceptors (Lipinski definition) is 7. The lowest BCUT2D eigenvalue weighted by atomic mass is 9.79. The van der Waals surface area contributed by atoms with Crippen LogP contribution < -0.4 is 4.74 Å². The van der Waals surface area contributed by atoms with Gasteiger partial charge in [0.25, 0.3) is 0 Å². The van der Waals surface area contributed by atoms with Crippen molar-refractivity contribution in [2.24, 2.45) is 0 Å². The van der Waals surface area contributed by atoms with Gasteiger partial charge in [-0.2, -0.15) is 0 Å². The molecule has 1 saturated heterocycles. The van der Waals surface area contributed by atoms with E-state index in [0.717, 1.165) is 22.4 Å². The normalized spacial score (nSPS) is 28.5. The summed E-state index contributed by atoms with van der Waals surface area (Å²) in [6.07, 6.45) is -4.73. The first-order valence-electron chi connectivity index (χ1n) is 10.5. The van der Waals surface area contributed by atoms with E-state index in [-0.39, 0.29) is 6.61 Å². The highest BCUT2D eigenvalue weighted by atomic mass is 16.6. The maximum atomic E-state index is 10.9. The maximum absolute atomic E-state index is 10.9. The zero-order valence-electron chi connectivity index (χ0n) is 18.2. The maximum Gasteiger partial charge on any atom is 0.145 e. The molecule has 4 N–H and O–H groups in total. The number of methoxy groups -OCH3 is 1.